The van der Waals surface area contributed by atoms with Crippen molar-refractivity contribution >= 4 is 23.8 Å². The van der Waals surface area contributed by atoms with E-state index in [9.17, 15) is 9.90 Å². The first-order chi connectivity index (χ1) is 16.6. The van der Waals surface area contributed by atoms with Crippen molar-refractivity contribution in [3.63, 3.8) is 0 Å². The van der Waals surface area contributed by atoms with E-state index in [1.807, 2.05) is 48.5 Å². The Morgan fingerprint density at radius 3 is 2.74 bits per heavy atom. The average Bonchev–Trinajstić information content (AvgIpc) is 3.50. The van der Waals surface area contributed by atoms with Crippen LogP contribution < -0.4 is 19.5 Å². The molecule has 3 aromatic carbocycles. The van der Waals surface area contributed by atoms with Crippen LogP contribution in [0.3, 0.4) is 0 Å². The van der Waals surface area contributed by atoms with Gasteiger partial charge in [-0.1, -0.05) is 48.0 Å². The van der Waals surface area contributed by atoms with Gasteiger partial charge >= 0.3 is 5.97 Å². The number of esters is 1. The van der Waals surface area contributed by atoms with Crippen molar-refractivity contribution in [2.75, 3.05) is 12.1 Å². The Morgan fingerprint density at radius 1 is 1.03 bits per heavy atom. The van der Waals surface area contributed by atoms with Gasteiger partial charge in [-0.2, -0.15) is 0 Å². The Morgan fingerprint density at radius 2 is 1.88 bits per heavy atom. The summed E-state index contributed by atoms with van der Waals surface area (Å²) in [6, 6.07) is 20.6. The number of nitrogens with one attached hydrogen (secondary N) is 1. The number of hydrogen-bond acceptors (Lipinski definition) is 6. The van der Waals surface area contributed by atoms with Crippen LogP contribution in [0.4, 0.5) is 5.69 Å². The van der Waals surface area contributed by atoms with E-state index in [0.717, 1.165) is 36.1 Å². The SMILES string of the molecule is O=C(/C=C/c1cccc2c1OCO2)Oc1ccc(/C=C2\CCC(Nc3ccccc3O)C2)cc1. The molecule has 172 valence electrons. The zero-order valence-electron chi connectivity index (χ0n) is 18.6. The van der Waals surface area contributed by atoms with Crippen molar-refractivity contribution in [3.05, 3.63) is 89.5 Å². The maximum Gasteiger partial charge on any atom is 0.336 e. The van der Waals surface area contributed by atoms with Crippen molar-refractivity contribution in [2.45, 2.75) is 25.3 Å². The summed E-state index contributed by atoms with van der Waals surface area (Å²) in [7, 11) is 0. The van der Waals surface area contributed by atoms with E-state index in [1.54, 1.807) is 24.3 Å². The highest BCUT2D eigenvalue weighted by molar-refractivity contribution is 5.89. The molecule has 0 radical (unpaired) electrons. The minimum absolute atomic E-state index is 0.181. The predicted octanol–water partition coefficient (Wildman–Crippen LogP) is 5.79. The number of phenols is 1. The highest BCUT2D eigenvalue weighted by atomic mass is 16.7. The molecule has 6 heteroatoms. The van der Waals surface area contributed by atoms with Gasteiger partial charge in [0.05, 0.1) is 5.69 Å². The van der Waals surface area contributed by atoms with Gasteiger partial charge in [-0.25, -0.2) is 4.79 Å². The fourth-order valence-corrected chi connectivity index (χ4v) is 4.21. The molecule has 5 rings (SSSR count). The summed E-state index contributed by atoms with van der Waals surface area (Å²) >= 11 is 0. The number of carbonyl (C=O) groups is 1. The third-order valence-electron chi connectivity index (χ3n) is 5.88. The average molecular weight is 456 g/mol. The number of anilines is 1. The molecule has 1 aliphatic carbocycles. The van der Waals surface area contributed by atoms with Crippen molar-refractivity contribution in [1.82, 2.24) is 0 Å². The molecule has 0 amide bonds. The molecule has 1 fully saturated rings. The maximum absolute atomic E-state index is 12.2. The number of benzene rings is 3. The summed E-state index contributed by atoms with van der Waals surface area (Å²) in [6.45, 7) is 0.181. The smallest absolute Gasteiger partial charge is 0.336 e. The number of aromatic hydroxyl groups is 1. The molecule has 1 atom stereocenters. The van der Waals surface area contributed by atoms with Gasteiger partial charge in [0.25, 0.3) is 0 Å². The van der Waals surface area contributed by atoms with Crippen molar-refractivity contribution in [3.8, 4) is 23.0 Å². The van der Waals surface area contributed by atoms with Gasteiger partial charge in [-0.15, -0.1) is 0 Å². The molecular weight excluding hydrogens is 430 g/mol. The van der Waals surface area contributed by atoms with Crippen LogP contribution in [0, 0.1) is 0 Å². The first kappa shape index (κ1) is 21.6. The second-order valence-corrected chi connectivity index (χ2v) is 8.31. The summed E-state index contributed by atoms with van der Waals surface area (Å²) in [5.74, 6) is 1.60. The summed E-state index contributed by atoms with van der Waals surface area (Å²) in [5.41, 5.74) is 3.94. The number of hydrogen-bond donors (Lipinski definition) is 2. The van der Waals surface area contributed by atoms with Gasteiger partial charge in [-0.3, -0.25) is 0 Å². The number of para-hydroxylation sites is 3. The van der Waals surface area contributed by atoms with Crippen molar-refractivity contribution in [2.24, 2.45) is 0 Å². The Balaban J connectivity index is 1.16. The lowest BCUT2D eigenvalue weighted by atomic mass is 10.1. The standard InChI is InChI=1S/C28H25NO5/c30-25-6-2-1-5-24(25)29-22-12-8-20(17-22)16-19-9-13-23(14-10-19)34-27(31)15-11-21-4-3-7-26-28(21)33-18-32-26/h1-7,9-11,13-16,22,29-30H,8,12,17-18H2/b15-11+,20-16+. The Kier molecular flexibility index (Phi) is 6.21. The molecular formula is C28H25NO5. The van der Waals surface area contributed by atoms with Crippen LogP contribution in [0.1, 0.15) is 30.4 Å². The number of carbonyl (C=O) groups excluding carboxylic acids is 1. The number of phenolic OH excluding ortho intramolecular Hbond substituents is 1. The van der Waals surface area contributed by atoms with Gasteiger partial charge in [0, 0.05) is 17.7 Å². The minimum Gasteiger partial charge on any atom is -0.506 e. The van der Waals surface area contributed by atoms with Crippen LogP contribution in [0.15, 0.2) is 78.4 Å². The zero-order chi connectivity index (χ0) is 23.3. The van der Waals surface area contributed by atoms with E-state index < -0.39 is 5.97 Å². The van der Waals surface area contributed by atoms with E-state index in [1.165, 1.54) is 11.6 Å². The lowest BCUT2D eigenvalue weighted by Gasteiger charge is -2.14. The highest BCUT2D eigenvalue weighted by Gasteiger charge is 2.20. The fourth-order valence-electron chi connectivity index (χ4n) is 4.21. The molecule has 3 aromatic rings. The topological polar surface area (TPSA) is 77.0 Å². The first-order valence-corrected chi connectivity index (χ1v) is 11.3. The molecule has 2 N–H and O–H groups in total. The zero-order valence-corrected chi connectivity index (χ0v) is 18.6. The maximum atomic E-state index is 12.2. The van der Waals surface area contributed by atoms with Crippen LogP contribution in [-0.2, 0) is 4.79 Å². The second-order valence-electron chi connectivity index (χ2n) is 8.31. The molecule has 0 saturated heterocycles. The summed E-state index contributed by atoms with van der Waals surface area (Å²) in [6.07, 6.45) is 8.16. The highest BCUT2D eigenvalue weighted by Crippen LogP contribution is 2.36. The minimum atomic E-state index is -0.462. The normalized spacial score (nSPS) is 17.9. The van der Waals surface area contributed by atoms with E-state index in [0.29, 0.717) is 23.3 Å². The van der Waals surface area contributed by atoms with Crippen LogP contribution >= 0.6 is 0 Å². The molecule has 34 heavy (non-hydrogen) atoms. The Bertz CT molecular complexity index is 1250. The summed E-state index contributed by atoms with van der Waals surface area (Å²) in [4.78, 5) is 12.2. The third-order valence-corrected chi connectivity index (χ3v) is 5.88. The van der Waals surface area contributed by atoms with Gasteiger partial charge in [0.1, 0.15) is 11.5 Å². The van der Waals surface area contributed by atoms with E-state index in [2.05, 4.69) is 11.4 Å². The Hall–Kier alpha value is -4.19. The Labute approximate surface area is 198 Å². The quantitative estimate of drug-likeness (QED) is 0.212. The summed E-state index contributed by atoms with van der Waals surface area (Å²) in [5, 5.41) is 13.4. The predicted molar refractivity (Wildman–Crippen MR) is 131 cm³/mol. The van der Waals surface area contributed by atoms with Crippen molar-refractivity contribution < 1.29 is 24.1 Å². The van der Waals surface area contributed by atoms with Gasteiger partial charge in [0.2, 0.25) is 6.79 Å². The monoisotopic (exact) mass is 455 g/mol. The van der Waals surface area contributed by atoms with Crippen LogP contribution in [0.25, 0.3) is 12.2 Å². The fraction of sp³-hybridized carbons (Fsp3) is 0.179. The number of fused-ring (bicyclic) bond motifs is 1. The number of rotatable bonds is 6. The molecule has 0 spiro atoms. The van der Waals surface area contributed by atoms with E-state index in [4.69, 9.17) is 14.2 Å². The van der Waals surface area contributed by atoms with E-state index >= 15 is 0 Å². The van der Waals surface area contributed by atoms with Gasteiger partial charge in [0.15, 0.2) is 11.5 Å². The molecule has 1 saturated carbocycles. The molecule has 1 heterocycles. The number of ether oxygens (including phenoxy) is 3. The van der Waals surface area contributed by atoms with Crippen LogP contribution in [-0.4, -0.2) is 23.9 Å². The van der Waals surface area contributed by atoms with Gasteiger partial charge < -0.3 is 24.6 Å². The molecule has 6 nitrogen and oxygen atoms in total. The van der Waals surface area contributed by atoms with Crippen LogP contribution in [0.2, 0.25) is 0 Å². The second kappa shape index (κ2) is 9.75. The van der Waals surface area contributed by atoms with Crippen LogP contribution in [0.5, 0.6) is 23.0 Å². The van der Waals surface area contributed by atoms with Crippen molar-refractivity contribution in [1.29, 1.82) is 0 Å². The lowest BCUT2D eigenvalue weighted by molar-refractivity contribution is -0.128. The third kappa shape index (κ3) is 5.07. The largest absolute Gasteiger partial charge is 0.506 e. The molecule has 2 aliphatic rings. The molecule has 0 aromatic heterocycles. The van der Waals surface area contributed by atoms with E-state index in [-0.39, 0.29) is 12.5 Å². The van der Waals surface area contributed by atoms with Gasteiger partial charge in [-0.05, 0) is 61.2 Å². The molecule has 1 aliphatic heterocycles. The summed E-state index contributed by atoms with van der Waals surface area (Å²) < 4.78 is 16.2. The first-order valence-electron chi connectivity index (χ1n) is 11.3. The molecule has 1 unspecified atom stereocenters. The lowest BCUT2D eigenvalue weighted by Crippen LogP contribution is -2.14. The molecule has 0 bridgehead atoms.